The predicted octanol–water partition coefficient (Wildman–Crippen LogP) is 4.22. The van der Waals surface area contributed by atoms with Crippen LogP contribution in [-0.4, -0.2) is 70.7 Å². The van der Waals surface area contributed by atoms with Crippen molar-refractivity contribution in [1.82, 2.24) is 14.8 Å². The van der Waals surface area contributed by atoms with Gasteiger partial charge >= 0.3 is 6.03 Å². The van der Waals surface area contributed by atoms with Crippen molar-refractivity contribution in [2.24, 2.45) is 5.92 Å². The molecule has 3 aromatic rings. The van der Waals surface area contributed by atoms with E-state index in [2.05, 4.69) is 20.5 Å². The molecule has 1 aliphatic rings. The third-order valence-electron chi connectivity index (χ3n) is 6.73. The summed E-state index contributed by atoms with van der Waals surface area (Å²) in [4.78, 5) is 34.3. The molecular weight excluding hydrogens is 501 g/mol. The smallest absolute Gasteiger partial charge is 0.323 e. The van der Waals surface area contributed by atoms with Gasteiger partial charge in [-0.1, -0.05) is 13.0 Å². The van der Waals surface area contributed by atoms with Gasteiger partial charge < -0.3 is 25.4 Å². The van der Waals surface area contributed by atoms with Crippen molar-refractivity contribution < 1.29 is 23.8 Å². The van der Waals surface area contributed by atoms with E-state index in [0.717, 1.165) is 5.56 Å². The molecule has 0 aliphatic carbocycles. The van der Waals surface area contributed by atoms with Gasteiger partial charge in [0.2, 0.25) is 0 Å². The van der Waals surface area contributed by atoms with E-state index >= 15 is 0 Å². The average Bonchev–Trinajstić information content (AvgIpc) is 2.92. The van der Waals surface area contributed by atoms with Crippen molar-refractivity contribution in [2.75, 3.05) is 37.4 Å². The first-order chi connectivity index (χ1) is 18.7. The number of pyridine rings is 1. The number of amides is 3. The molecule has 0 saturated carbocycles. The minimum absolute atomic E-state index is 0.0860. The maximum atomic E-state index is 13.6. The summed E-state index contributed by atoms with van der Waals surface area (Å²) in [6, 6.07) is 13.4. The number of fused-ring (bicyclic) bond motifs is 1. The summed E-state index contributed by atoms with van der Waals surface area (Å²) in [5.74, 6) is -0.518. The second-order valence-corrected chi connectivity index (χ2v) is 9.94. The summed E-state index contributed by atoms with van der Waals surface area (Å²) in [5, 5.41) is 15.3. The van der Waals surface area contributed by atoms with Crippen LogP contribution in [0, 0.1) is 11.7 Å². The number of anilines is 2. The molecule has 3 atom stereocenters. The van der Waals surface area contributed by atoms with Gasteiger partial charge in [-0.25, -0.2) is 9.18 Å². The summed E-state index contributed by atoms with van der Waals surface area (Å²) in [7, 11) is 2.00. The summed E-state index contributed by atoms with van der Waals surface area (Å²) in [6.07, 6.45) is 3.17. The lowest BCUT2D eigenvalue weighted by molar-refractivity contribution is 0.0343. The molecule has 206 valence electrons. The van der Waals surface area contributed by atoms with E-state index in [0.29, 0.717) is 36.6 Å². The summed E-state index contributed by atoms with van der Waals surface area (Å²) >= 11 is 0. The van der Waals surface area contributed by atoms with Gasteiger partial charge in [0.1, 0.15) is 11.9 Å². The molecule has 0 radical (unpaired) electrons. The first kappa shape index (κ1) is 28.0. The molecule has 1 aliphatic heterocycles. The number of hydrogen-bond donors (Lipinski definition) is 3. The quantitative estimate of drug-likeness (QED) is 0.399. The summed E-state index contributed by atoms with van der Waals surface area (Å²) in [6.45, 7) is 5.26. The van der Waals surface area contributed by atoms with Crippen molar-refractivity contribution in [2.45, 2.75) is 32.5 Å². The SMILES string of the molecule is C[C@@H]1CN([C@H](C)CO)C(=O)c2cccc(NC(=O)Nc3ccc(F)cc3)c2O[C@H]1CN(C)Cc1ccncc1. The zero-order chi connectivity index (χ0) is 27.9. The Morgan fingerprint density at radius 2 is 1.90 bits per heavy atom. The van der Waals surface area contributed by atoms with Crippen LogP contribution in [0.25, 0.3) is 0 Å². The van der Waals surface area contributed by atoms with Crippen molar-refractivity contribution in [1.29, 1.82) is 0 Å². The molecule has 39 heavy (non-hydrogen) atoms. The Labute approximate surface area is 227 Å². The number of urea groups is 1. The molecule has 10 heteroatoms. The van der Waals surface area contributed by atoms with E-state index in [9.17, 15) is 19.1 Å². The van der Waals surface area contributed by atoms with E-state index in [1.807, 2.05) is 26.1 Å². The van der Waals surface area contributed by atoms with Gasteiger partial charge in [-0.3, -0.25) is 14.7 Å². The Kier molecular flexibility index (Phi) is 9.11. The third kappa shape index (κ3) is 7.10. The van der Waals surface area contributed by atoms with Crippen molar-refractivity contribution in [3.63, 3.8) is 0 Å². The molecule has 0 unspecified atom stereocenters. The molecule has 0 fully saturated rings. The number of rotatable bonds is 8. The van der Waals surface area contributed by atoms with Crippen molar-refractivity contribution in [3.8, 4) is 5.75 Å². The van der Waals surface area contributed by atoms with Gasteiger partial charge in [-0.05, 0) is 68.1 Å². The fourth-order valence-corrected chi connectivity index (χ4v) is 4.55. The maximum absolute atomic E-state index is 13.6. The minimum Gasteiger partial charge on any atom is -0.486 e. The first-order valence-electron chi connectivity index (χ1n) is 12.9. The average molecular weight is 536 g/mol. The van der Waals surface area contributed by atoms with Crippen LogP contribution in [0.1, 0.15) is 29.8 Å². The zero-order valence-corrected chi connectivity index (χ0v) is 22.3. The van der Waals surface area contributed by atoms with Gasteiger partial charge in [-0.15, -0.1) is 0 Å². The number of likely N-dealkylation sites (N-methyl/N-ethyl adjacent to an activating group) is 1. The van der Waals surface area contributed by atoms with Crippen molar-refractivity contribution >= 4 is 23.3 Å². The van der Waals surface area contributed by atoms with Gasteiger partial charge in [0.15, 0.2) is 5.75 Å². The third-order valence-corrected chi connectivity index (χ3v) is 6.73. The molecule has 3 amide bonds. The van der Waals surface area contributed by atoms with E-state index in [4.69, 9.17) is 4.74 Å². The number of nitrogens with one attached hydrogen (secondary N) is 2. The number of aliphatic hydroxyl groups is 1. The number of aliphatic hydroxyl groups excluding tert-OH is 1. The number of halogens is 1. The Morgan fingerprint density at radius 3 is 2.59 bits per heavy atom. The van der Waals surface area contributed by atoms with Crippen molar-refractivity contribution in [3.05, 3.63) is 83.9 Å². The Morgan fingerprint density at radius 1 is 1.18 bits per heavy atom. The molecule has 4 rings (SSSR count). The molecule has 0 saturated heterocycles. The minimum atomic E-state index is -0.562. The van der Waals surface area contributed by atoms with Crippen LogP contribution >= 0.6 is 0 Å². The highest BCUT2D eigenvalue weighted by atomic mass is 19.1. The van der Waals surface area contributed by atoms with E-state index in [1.54, 1.807) is 42.4 Å². The molecule has 2 heterocycles. The highest BCUT2D eigenvalue weighted by molar-refractivity contribution is 6.04. The number of hydrogen-bond acceptors (Lipinski definition) is 6. The van der Waals surface area contributed by atoms with Gasteiger partial charge in [0, 0.05) is 43.6 Å². The van der Waals surface area contributed by atoms with Crippen LogP contribution < -0.4 is 15.4 Å². The van der Waals surface area contributed by atoms with Crippen LogP contribution in [0.15, 0.2) is 67.0 Å². The standard InChI is InChI=1S/C29H34FN5O4/c1-19-15-35(20(2)18-36)28(37)24-5-4-6-25(33-29(38)32-23-9-7-22(30)8-10-23)27(24)39-26(19)17-34(3)16-21-11-13-31-14-12-21/h4-14,19-20,26,36H,15-18H2,1-3H3,(H2,32,33,38)/t19-,20-,26+/m1/s1. The zero-order valence-electron chi connectivity index (χ0n) is 22.3. The second-order valence-electron chi connectivity index (χ2n) is 9.94. The van der Waals surface area contributed by atoms with Gasteiger partial charge in [0.25, 0.3) is 5.91 Å². The number of para-hydroxylation sites is 1. The fourth-order valence-electron chi connectivity index (χ4n) is 4.55. The van der Waals surface area contributed by atoms with Gasteiger partial charge in [0.05, 0.1) is 23.9 Å². The van der Waals surface area contributed by atoms with E-state index in [1.165, 1.54) is 24.3 Å². The molecule has 0 bridgehead atoms. The van der Waals surface area contributed by atoms with Gasteiger partial charge in [-0.2, -0.15) is 0 Å². The monoisotopic (exact) mass is 535 g/mol. The van der Waals surface area contributed by atoms with Crippen LogP contribution in [0.2, 0.25) is 0 Å². The maximum Gasteiger partial charge on any atom is 0.323 e. The first-order valence-corrected chi connectivity index (χ1v) is 12.9. The largest absolute Gasteiger partial charge is 0.486 e. The lowest BCUT2D eigenvalue weighted by Crippen LogP contribution is -2.49. The Hall–Kier alpha value is -4.02. The fraction of sp³-hybridized carbons (Fsp3) is 0.345. The predicted molar refractivity (Wildman–Crippen MR) is 147 cm³/mol. The summed E-state index contributed by atoms with van der Waals surface area (Å²) in [5.41, 5.74) is 2.14. The van der Waals surface area contributed by atoms with Crippen LogP contribution in [0.3, 0.4) is 0 Å². The highest BCUT2D eigenvalue weighted by Crippen LogP contribution is 2.35. The van der Waals surface area contributed by atoms with Crippen LogP contribution in [0.4, 0.5) is 20.6 Å². The number of nitrogens with zero attached hydrogens (tertiary/aromatic N) is 3. The van der Waals surface area contributed by atoms with Crippen LogP contribution in [-0.2, 0) is 6.54 Å². The van der Waals surface area contributed by atoms with Crippen LogP contribution in [0.5, 0.6) is 5.75 Å². The normalized spacial score (nSPS) is 18.0. The number of benzene rings is 2. The number of carbonyl (C=O) groups is 2. The van der Waals surface area contributed by atoms with E-state index < -0.39 is 17.9 Å². The number of ether oxygens (including phenoxy) is 1. The molecular formula is C29H34FN5O4. The highest BCUT2D eigenvalue weighted by Gasteiger charge is 2.34. The number of carbonyl (C=O) groups excluding carboxylic acids is 2. The molecule has 3 N–H and O–H groups in total. The Balaban J connectivity index is 1.62. The molecule has 1 aromatic heterocycles. The topological polar surface area (TPSA) is 107 Å². The second kappa shape index (κ2) is 12.7. The van der Waals surface area contributed by atoms with E-state index in [-0.39, 0.29) is 30.3 Å². The Bertz CT molecular complexity index is 1270. The molecule has 2 aromatic carbocycles. The lowest BCUT2D eigenvalue weighted by Gasteiger charge is -2.38. The molecule has 0 spiro atoms. The lowest BCUT2D eigenvalue weighted by atomic mass is 9.99. The summed E-state index contributed by atoms with van der Waals surface area (Å²) < 4.78 is 19.8. The molecule has 9 nitrogen and oxygen atoms in total. The number of aromatic nitrogens is 1.